The Bertz CT molecular complexity index is 410. The van der Waals surface area contributed by atoms with Crippen LogP contribution >= 0.6 is 0 Å². The van der Waals surface area contributed by atoms with E-state index in [1.54, 1.807) is 13.0 Å². The number of nitrogen functional groups attached to an aromatic ring is 1. The molecule has 15 heavy (non-hydrogen) atoms. The second-order valence-corrected chi connectivity index (χ2v) is 2.83. The van der Waals surface area contributed by atoms with Gasteiger partial charge in [0.05, 0.1) is 13.0 Å². The number of anilines is 1. The Morgan fingerprint density at radius 2 is 2.40 bits per heavy atom. The standard InChI is InChI=1S/C10H11N3O2/c1-2-15-9(14)5-7-3-4-8(6-11)13-10(7)12/h3-4H,2,5H2,1H3,(H2,12,13). The van der Waals surface area contributed by atoms with Crippen molar-refractivity contribution in [3.8, 4) is 6.07 Å². The van der Waals surface area contributed by atoms with E-state index in [0.717, 1.165) is 0 Å². The highest BCUT2D eigenvalue weighted by Gasteiger charge is 2.08. The molecule has 0 atom stereocenters. The third kappa shape index (κ3) is 2.95. The van der Waals surface area contributed by atoms with Gasteiger partial charge in [-0.1, -0.05) is 6.07 Å². The fourth-order valence-corrected chi connectivity index (χ4v) is 1.08. The fraction of sp³-hybridized carbons (Fsp3) is 0.300. The van der Waals surface area contributed by atoms with E-state index >= 15 is 0 Å². The van der Waals surface area contributed by atoms with Crippen LogP contribution in [0.5, 0.6) is 0 Å². The average molecular weight is 205 g/mol. The minimum atomic E-state index is -0.351. The number of pyridine rings is 1. The minimum Gasteiger partial charge on any atom is -0.466 e. The van der Waals surface area contributed by atoms with Crippen LogP contribution in [0, 0.1) is 11.3 Å². The summed E-state index contributed by atoms with van der Waals surface area (Å²) in [6.45, 7) is 2.07. The van der Waals surface area contributed by atoms with E-state index in [9.17, 15) is 4.79 Å². The molecule has 0 aliphatic rings. The molecule has 0 aromatic carbocycles. The molecule has 0 aliphatic carbocycles. The average Bonchev–Trinajstić information content (AvgIpc) is 2.21. The Kier molecular flexibility index (Phi) is 3.63. The van der Waals surface area contributed by atoms with Crippen LogP contribution in [0.1, 0.15) is 18.2 Å². The lowest BCUT2D eigenvalue weighted by Gasteiger charge is -2.04. The van der Waals surface area contributed by atoms with Crippen LogP contribution in [-0.2, 0) is 16.0 Å². The second-order valence-electron chi connectivity index (χ2n) is 2.83. The van der Waals surface area contributed by atoms with Gasteiger partial charge in [-0.05, 0) is 13.0 Å². The molecular formula is C10H11N3O2. The van der Waals surface area contributed by atoms with Gasteiger partial charge in [-0.3, -0.25) is 4.79 Å². The van der Waals surface area contributed by atoms with Crippen molar-refractivity contribution in [2.24, 2.45) is 0 Å². The first-order valence-electron chi connectivity index (χ1n) is 4.48. The second kappa shape index (κ2) is 4.96. The Morgan fingerprint density at radius 1 is 1.67 bits per heavy atom. The molecule has 1 rings (SSSR count). The predicted octanol–water partition coefficient (Wildman–Crippen LogP) is 0.641. The normalized spacial score (nSPS) is 9.33. The summed E-state index contributed by atoms with van der Waals surface area (Å²) in [4.78, 5) is 15.0. The van der Waals surface area contributed by atoms with E-state index in [-0.39, 0.29) is 23.9 Å². The summed E-state index contributed by atoms with van der Waals surface area (Å²) in [5.74, 6) is -0.155. The molecule has 0 radical (unpaired) electrons. The van der Waals surface area contributed by atoms with E-state index in [2.05, 4.69) is 4.98 Å². The van der Waals surface area contributed by atoms with Crippen molar-refractivity contribution in [2.75, 3.05) is 12.3 Å². The number of nitriles is 1. The molecule has 0 amide bonds. The number of ether oxygens (including phenoxy) is 1. The molecule has 0 fully saturated rings. The third-order valence-electron chi connectivity index (χ3n) is 1.77. The third-order valence-corrected chi connectivity index (χ3v) is 1.77. The number of hydrogen-bond donors (Lipinski definition) is 1. The summed E-state index contributed by atoms with van der Waals surface area (Å²) < 4.78 is 4.77. The van der Waals surface area contributed by atoms with Crippen molar-refractivity contribution in [1.82, 2.24) is 4.98 Å². The van der Waals surface area contributed by atoms with Gasteiger partial charge < -0.3 is 10.5 Å². The van der Waals surface area contributed by atoms with E-state index < -0.39 is 0 Å². The van der Waals surface area contributed by atoms with E-state index in [4.69, 9.17) is 15.7 Å². The molecule has 1 aromatic heterocycles. The number of nitrogens with zero attached hydrogens (tertiary/aromatic N) is 2. The minimum absolute atomic E-state index is 0.0817. The van der Waals surface area contributed by atoms with E-state index in [1.807, 2.05) is 6.07 Å². The van der Waals surface area contributed by atoms with Crippen LogP contribution in [0.15, 0.2) is 12.1 Å². The van der Waals surface area contributed by atoms with Gasteiger partial charge in [0.15, 0.2) is 0 Å². The highest BCUT2D eigenvalue weighted by atomic mass is 16.5. The molecule has 78 valence electrons. The first-order chi connectivity index (χ1) is 7.17. The highest BCUT2D eigenvalue weighted by Crippen LogP contribution is 2.10. The number of carbonyl (C=O) groups is 1. The molecule has 0 aliphatic heterocycles. The number of carbonyl (C=O) groups excluding carboxylic acids is 1. The molecule has 0 spiro atoms. The first kappa shape index (κ1) is 11.0. The lowest BCUT2D eigenvalue weighted by molar-refractivity contribution is -0.142. The molecule has 0 unspecified atom stereocenters. The van der Waals surface area contributed by atoms with Crippen molar-refractivity contribution < 1.29 is 9.53 Å². The summed E-state index contributed by atoms with van der Waals surface area (Å²) in [6.07, 6.45) is 0.0817. The molecule has 0 saturated carbocycles. The van der Waals surface area contributed by atoms with Crippen LogP contribution in [0.4, 0.5) is 5.82 Å². The zero-order valence-electron chi connectivity index (χ0n) is 8.36. The Morgan fingerprint density at radius 3 is 2.93 bits per heavy atom. The molecular weight excluding hydrogens is 194 g/mol. The van der Waals surface area contributed by atoms with Gasteiger partial charge in [-0.15, -0.1) is 0 Å². The quantitative estimate of drug-likeness (QED) is 0.731. The largest absolute Gasteiger partial charge is 0.466 e. The van der Waals surface area contributed by atoms with Gasteiger partial charge in [0.25, 0.3) is 0 Å². The van der Waals surface area contributed by atoms with Crippen LogP contribution < -0.4 is 5.73 Å². The summed E-state index contributed by atoms with van der Waals surface area (Å²) in [6, 6.07) is 4.99. The number of esters is 1. The number of hydrogen-bond acceptors (Lipinski definition) is 5. The van der Waals surface area contributed by atoms with Crippen LogP contribution in [-0.4, -0.2) is 17.6 Å². The maximum atomic E-state index is 11.1. The van der Waals surface area contributed by atoms with Gasteiger partial charge in [0.1, 0.15) is 17.6 Å². The van der Waals surface area contributed by atoms with E-state index in [0.29, 0.717) is 12.2 Å². The number of nitrogens with two attached hydrogens (primary N) is 1. The first-order valence-corrected chi connectivity index (χ1v) is 4.48. The van der Waals surface area contributed by atoms with Crippen molar-refractivity contribution in [3.05, 3.63) is 23.4 Å². The Labute approximate surface area is 87.5 Å². The van der Waals surface area contributed by atoms with Crippen LogP contribution in [0.3, 0.4) is 0 Å². The van der Waals surface area contributed by atoms with Gasteiger partial charge >= 0.3 is 5.97 Å². The Hall–Kier alpha value is -2.09. The monoisotopic (exact) mass is 205 g/mol. The zero-order chi connectivity index (χ0) is 11.3. The number of rotatable bonds is 3. The lowest BCUT2D eigenvalue weighted by Crippen LogP contribution is -2.10. The molecule has 5 nitrogen and oxygen atoms in total. The van der Waals surface area contributed by atoms with Crippen molar-refractivity contribution in [3.63, 3.8) is 0 Å². The molecule has 0 saturated heterocycles. The lowest BCUT2D eigenvalue weighted by atomic mass is 10.2. The topological polar surface area (TPSA) is 89.0 Å². The molecule has 1 heterocycles. The summed E-state index contributed by atoms with van der Waals surface area (Å²) >= 11 is 0. The summed E-state index contributed by atoms with van der Waals surface area (Å²) in [5, 5.41) is 8.56. The molecule has 1 aromatic rings. The van der Waals surface area contributed by atoms with Gasteiger partial charge in [-0.2, -0.15) is 5.26 Å². The summed E-state index contributed by atoms with van der Waals surface area (Å²) in [7, 11) is 0. The van der Waals surface area contributed by atoms with Crippen LogP contribution in [0.25, 0.3) is 0 Å². The van der Waals surface area contributed by atoms with Gasteiger partial charge in [0.2, 0.25) is 0 Å². The zero-order valence-corrected chi connectivity index (χ0v) is 8.36. The highest BCUT2D eigenvalue weighted by molar-refractivity contribution is 5.74. The molecule has 5 heteroatoms. The van der Waals surface area contributed by atoms with E-state index in [1.165, 1.54) is 6.07 Å². The maximum absolute atomic E-state index is 11.1. The van der Waals surface area contributed by atoms with Gasteiger partial charge in [0, 0.05) is 5.56 Å². The van der Waals surface area contributed by atoms with Crippen molar-refractivity contribution in [2.45, 2.75) is 13.3 Å². The smallest absolute Gasteiger partial charge is 0.310 e. The maximum Gasteiger partial charge on any atom is 0.310 e. The molecule has 2 N–H and O–H groups in total. The fourth-order valence-electron chi connectivity index (χ4n) is 1.08. The van der Waals surface area contributed by atoms with Crippen molar-refractivity contribution >= 4 is 11.8 Å². The Balaban J connectivity index is 2.79. The summed E-state index contributed by atoms with van der Waals surface area (Å²) in [5.41, 5.74) is 6.38. The van der Waals surface area contributed by atoms with Gasteiger partial charge in [-0.25, -0.2) is 4.98 Å². The SMILES string of the molecule is CCOC(=O)Cc1ccc(C#N)nc1N. The van der Waals surface area contributed by atoms with Crippen LogP contribution in [0.2, 0.25) is 0 Å². The predicted molar refractivity (Wildman–Crippen MR) is 53.7 cm³/mol. The molecule has 0 bridgehead atoms. The van der Waals surface area contributed by atoms with Crippen molar-refractivity contribution in [1.29, 1.82) is 5.26 Å². The number of aromatic nitrogens is 1.